The van der Waals surface area contributed by atoms with Crippen molar-refractivity contribution in [3.63, 3.8) is 0 Å². The van der Waals surface area contributed by atoms with Gasteiger partial charge in [-0.15, -0.1) is 0 Å². The van der Waals surface area contributed by atoms with Crippen molar-refractivity contribution in [2.24, 2.45) is 0 Å². The van der Waals surface area contributed by atoms with Gasteiger partial charge in [-0.1, -0.05) is 0 Å². The summed E-state index contributed by atoms with van der Waals surface area (Å²) in [7, 11) is 0. The highest BCUT2D eigenvalue weighted by molar-refractivity contribution is 5.93. The lowest BCUT2D eigenvalue weighted by Crippen LogP contribution is -2.47. The van der Waals surface area contributed by atoms with E-state index in [0.717, 1.165) is 24.5 Å². The zero-order valence-corrected chi connectivity index (χ0v) is 17.3. The lowest BCUT2D eigenvalue weighted by atomic mass is 9.98. The van der Waals surface area contributed by atoms with Crippen LogP contribution in [0.1, 0.15) is 31.9 Å². The van der Waals surface area contributed by atoms with E-state index in [9.17, 15) is 9.59 Å². The molecule has 2 aliphatic heterocycles. The van der Waals surface area contributed by atoms with E-state index in [1.165, 1.54) is 11.1 Å². The number of esters is 1. The fourth-order valence-corrected chi connectivity index (χ4v) is 3.60. The van der Waals surface area contributed by atoms with Crippen molar-refractivity contribution in [2.45, 2.75) is 33.7 Å². The third kappa shape index (κ3) is 5.00. The first-order valence-corrected chi connectivity index (χ1v) is 10.1. The Morgan fingerprint density at radius 1 is 1.07 bits per heavy atom. The summed E-state index contributed by atoms with van der Waals surface area (Å²) >= 11 is 0. The Hall–Kier alpha value is -2.74. The minimum absolute atomic E-state index is 0.177. The highest BCUT2D eigenvalue weighted by Crippen LogP contribution is 2.34. The summed E-state index contributed by atoms with van der Waals surface area (Å²) in [6.45, 7) is 9.28. The van der Waals surface area contributed by atoms with Crippen molar-refractivity contribution >= 4 is 12.0 Å². The number of rotatable bonds is 8. The number of hydrogen-bond acceptors (Lipinski definition) is 6. The molecule has 2 heterocycles. The van der Waals surface area contributed by atoms with Crippen molar-refractivity contribution in [2.75, 3.05) is 39.5 Å². The van der Waals surface area contributed by atoms with Gasteiger partial charge in [-0.25, -0.2) is 9.59 Å². The van der Waals surface area contributed by atoms with Crippen LogP contribution in [0.15, 0.2) is 23.4 Å². The first kappa shape index (κ1) is 21.0. The van der Waals surface area contributed by atoms with Crippen LogP contribution >= 0.6 is 0 Å². The normalized spacial score (nSPS) is 16.6. The summed E-state index contributed by atoms with van der Waals surface area (Å²) in [6.07, 6.45) is 0.857. The second-order valence-electron chi connectivity index (χ2n) is 6.88. The Morgan fingerprint density at radius 2 is 1.76 bits per heavy atom. The van der Waals surface area contributed by atoms with Crippen molar-refractivity contribution < 1.29 is 23.8 Å². The molecule has 3 rings (SSSR count). The number of hydrogen-bond donors (Lipinski definition) is 2. The van der Waals surface area contributed by atoms with E-state index in [-0.39, 0.29) is 12.6 Å². The molecule has 0 saturated heterocycles. The van der Waals surface area contributed by atoms with Gasteiger partial charge in [-0.05, 0) is 50.5 Å². The lowest BCUT2D eigenvalue weighted by Gasteiger charge is -2.32. The van der Waals surface area contributed by atoms with E-state index in [1.54, 1.807) is 6.92 Å². The molecule has 0 bridgehead atoms. The van der Waals surface area contributed by atoms with Crippen LogP contribution < -0.4 is 20.1 Å². The molecule has 0 atom stereocenters. The lowest BCUT2D eigenvalue weighted by molar-refractivity contribution is -0.138. The number of nitrogens with one attached hydrogen (secondary N) is 2. The monoisotopic (exact) mass is 403 g/mol. The van der Waals surface area contributed by atoms with Gasteiger partial charge in [0.15, 0.2) is 11.5 Å². The molecule has 0 radical (unpaired) electrons. The maximum absolute atomic E-state index is 12.3. The van der Waals surface area contributed by atoms with E-state index in [0.29, 0.717) is 44.2 Å². The Balaban J connectivity index is 1.79. The van der Waals surface area contributed by atoms with Gasteiger partial charge in [0.2, 0.25) is 0 Å². The van der Waals surface area contributed by atoms with Crippen LogP contribution in [0, 0.1) is 0 Å². The van der Waals surface area contributed by atoms with E-state index < -0.39 is 5.97 Å². The molecule has 2 amide bonds. The van der Waals surface area contributed by atoms with Gasteiger partial charge < -0.3 is 24.8 Å². The molecular formula is C21H29N3O5. The summed E-state index contributed by atoms with van der Waals surface area (Å²) in [5, 5.41) is 5.41. The molecule has 29 heavy (non-hydrogen) atoms. The number of nitrogens with zero attached hydrogens (tertiary/aromatic N) is 1. The number of urea groups is 1. The fraction of sp³-hybridized carbons (Fsp3) is 0.524. The average molecular weight is 403 g/mol. The van der Waals surface area contributed by atoms with Gasteiger partial charge in [0, 0.05) is 25.3 Å². The Bertz CT molecular complexity index is 806. The molecule has 2 N–H and O–H groups in total. The third-order valence-corrected chi connectivity index (χ3v) is 4.91. The van der Waals surface area contributed by atoms with Gasteiger partial charge in [0.05, 0.1) is 31.9 Å². The molecule has 0 unspecified atom stereocenters. The predicted octanol–water partition coefficient (Wildman–Crippen LogP) is 1.97. The topological polar surface area (TPSA) is 89.1 Å². The van der Waals surface area contributed by atoms with Gasteiger partial charge in [0.25, 0.3) is 0 Å². The van der Waals surface area contributed by atoms with E-state index >= 15 is 0 Å². The highest BCUT2D eigenvalue weighted by Gasteiger charge is 2.27. The molecule has 1 aromatic carbocycles. The van der Waals surface area contributed by atoms with Crippen LogP contribution in [-0.2, 0) is 22.5 Å². The largest absolute Gasteiger partial charge is 0.490 e. The molecule has 8 heteroatoms. The molecule has 0 spiro atoms. The number of amides is 2. The molecule has 2 aliphatic rings. The minimum Gasteiger partial charge on any atom is -0.490 e. The van der Waals surface area contributed by atoms with Crippen LogP contribution in [0.5, 0.6) is 11.5 Å². The smallest absolute Gasteiger partial charge is 0.337 e. The Labute approximate surface area is 171 Å². The number of ether oxygens (including phenoxy) is 3. The van der Waals surface area contributed by atoms with Crippen LogP contribution in [0.25, 0.3) is 0 Å². The third-order valence-electron chi connectivity index (χ3n) is 4.91. The maximum Gasteiger partial charge on any atom is 0.337 e. The summed E-state index contributed by atoms with van der Waals surface area (Å²) in [5.74, 6) is 1.13. The zero-order chi connectivity index (χ0) is 20.8. The second-order valence-corrected chi connectivity index (χ2v) is 6.88. The standard InChI is InChI=1S/C21H29N3O5/c1-4-27-18-9-14-7-8-24(12-15(14)10-19(18)28-5-2)13-17-16(20(25)29-6-3)11-22-21(26)23-17/h9-10H,4-8,11-13H2,1-3H3,(H2,22,23,26). The van der Waals surface area contributed by atoms with Crippen LogP contribution in [-0.4, -0.2) is 56.4 Å². The summed E-state index contributed by atoms with van der Waals surface area (Å²) in [4.78, 5) is 26.3. The van der Waals surface area contributed by atoms with Crippen LogP contribution in [0.2, 0.25) is 0 Å². The van der Waals surface area contributed by atoms with Crippen LogP contribution in [0.3, 0.4) is 0 Å². The fourth-order valence-electron chi connectivity index (χ4n) is 3.60. The minimum atomic E-state index is -0.396. The Kier molecular flexibility index (Phi) is 6.98. The van der Waals surface area contributed by atoms with Crippen molar-refractivity contribution in [3.05, 3.63) is 34.5 Å². The van der Waals surface area contributed by atoms with Gasteiger partial charge >= 0.3 is 12.0 Å². The summed E-state index contributed by atoms with van der Waals surface area (Å²) in [5.41, 5.74) is 3.48. The van der Waals surface area contributed by atoms with Gasteiger partial charge in [-0.2, -0.15) is 0 Å². The maximum atomic E-state index is 12.3. The molecule has 158 valence electrons. The van der Waals surface area contributed by atoms with Crippen molar-refractivity contribution in [1.29, 1.82) is 0 Å². The summed E-state index contributed by atoms with van der Waals surface area (Å²) in [6, 6.07) is 3.81. The zero-order valence-electron chi connectivity index (χ0n) is 17.3. The Morgan fingerprint density at radius 3 is 2.41 bits per heavy atom. The van der Waals surface area contributed by atoms with Crippen molar-refractivity contribution in [1.82, 2.24) is 15.5 Å². The highest BCUT2D eigenvalue weighted by atomic mass is 16.5. The molecule has 0 aliphatic carbocycles. The number of fused-ring (bicyclic) bond motifs is 1. The first-order chi connectivity index (χ1) is 14.0. The number of benzene rings is 1. The van der Waals surface area contributed by atoms with Gasteiger partial charge in [-0.3, -0.25) is 4.90 Å². The van der Waals surface area contributed by atoms with Gasteiger partial charge in [0.1, 0.15) is 0 Å². The summed E-state index contributed by atoms with van der Waals surface area (Å²) < 4.78 is 16.6. The quantitative estimate of drug-likeness (QED) is 0.645. The molecular weight excluding hydrogens is 374 g/mol. The molecule has 0 saturated carbocycles. The predicted molar refractivity (Wildman–Crippen MR) is 108 cm³/mol. The number of carbonyl (C=O) groups is 2. The first-order valence-electron chi connectivity index (χ1n) is 10.1. The van der Waals surface area contributed by atoms with Crippen molar-refractivity contribution in [3.8, 4) is 11.5 Å². The van der Waals surface area contributed by atoms with Crippen LogP contribution in [0.4, 0.5) is 4.79 Å². The molecule has 8 nitrogen and oxygen atoms in total. The second kappa shape index (κ2) is 9.65. The average Bonchev–Trinajstić information content (AvgIpc) is 2.69. The molecule has 0 fully saturated rings. The van der Waals surface area contributed by atoms with E-state index in [1.807, 2.05) is 19.9 Å². The SMILES string of the molecule is CCOC(=O)C1=C(CN2CCc3cc(OCC)c(OCC)cc3C2)NC(=O)NC1. The van der Waals surface area contributed by atoms with E-state index in [4.69, 9.17) is 14.2 Å². The molecule has 1 aromatic rings. The van der Waals surface area contributed by atoms with E-state index in [2.05, 4.69) is 21.6 Å². The number of carbonyl (C=O) groups excluding carboxylic acids is 2. The molecule has 0 aromatic heterocycles.